The molecule has 6 heteroatoms. The van der Waals surface area contributed by atoms with E-state index >= 15 is 0 Å². The normalized spacial score (nSPS) is 16.6. The molecule has 2 unspecified atom stereocenters. The number of aliphatic hydroxyl groups excluding tert-OH is 1. The number of benzene rings is 3. The third-order valence-corrected chi connectivity index (χ3v) is 5.33. The minimum Gasteiger partial charge on any atom is -0.388 e. The standard InChI is InChI=1S/C23H20N2O4/c1-15-6-10-17(11-7-15)24-21(19-4-2-3-5-20(19)23(24)27)14-22(26)16-8-12-18(13-9-16)25(28)29/h2-13,21-22,26H,14H2,1H3. The van der Waals surface area contributed by atoms with Gasteiger partial charge < -0.3 is 10.0 Å². The number of hydrogen-bond acceptors (Lipinski definition) is 4. The van der Waals surface area contributed by atoms with Gasteiger partial charge in [-0.05, 0) is 48.4 Å². The van der Waals surface area contributed by atoms with Crippen LogP contribution in [0.4, 0.5) is 11.4 Å². The van der Waals surface area contributed by atoms with E-state index in [0.717, 1.165) is 16.8 Å². The predicted molar refractivity (Wildman–Crippen MR) is 110 cm³/mol. The van der Waals surface area contributed by atoms with E-state index in [1.54, 1.807) is 23.1 Å². The van der Waals surface area contributed by atoms with E-state index in [0.29, 0.717) is 11.1 Å². The molecule has 1 aliphatic heterocycles. The van der Waals surface area contributed by atoms with E-state index in [1.165, 1.54) is 12.1 Å². The van der Waals surface area contributed by atoms with Gasteiger partial charge in [-0.1, -0.05) is 35.9 Å². The van der Waals surface area contributed by atoms with Gasteiger partial charge in [0.1, 0.15) is 0 Å². The molecular formula is C23H20N2O4. The van der Waals surface area contributed by atoms with Crippen molar-refractivity contribution in [1.82, 2.24) is 0 Å². The smallest absolute Gasteiger partial charge is 0.269 e. The number of carbonyl (C=O) groups excluding carboxylic acids is 1. The summed E-state index contributed by atoms with van der Waals surface area (Å²) in [5.74, 6) is -0.0923. The van der Waals surface area contributed by atoms with Crippen LogP contribution < -0.4 is 4.90 Å². The number of amides is 1. The molecular weight excluding hydrogens is 368 g/mol. The minimum atomic E-state index is -0.868. The fraction of sp³-hybridized carbons (Fsp3) is 0.174. The number of nitro groups is 1. The Hall–Kier alpha value is -3.51. The lowest BCUT2D eigenvalue weighted by molar-refractivity contribution is -0.384. The molecule has 0 saturated heterocycles. The summed E-state index contributed by atoms with van der Waals surface area (Å²) < 4.78 is 0. The maximum absolute atomic E-state index is 13.1. The first-order chi connectivity index (χ1) is 14.0. The van der Waals surface area contributed by atoms with Crippen LogP contribution in [0, 0.1) is 17.0 Å². The van der Waals surface area contributed by atoms with Gasteiger partial charge >= 0.3 is 0 Å². The Kier molecular flexibility index (Phi) is 4.86. The number of rotatable bonds is 5. The first-order valence-electron chi connectivity index (χ1n) is 9.37. The summed E-state index contributed by atoms with van der Waals surface area (Å²) in [5.41, 5.74) is 3.94. The molecule has 1 heterocycles. The van der Waals surface area contributed by atoms with E-state index < -0.39 is 11.0 Å². The quantitative estimate of drug-likeness (QED) is 0.506. The molecule has 3 aromatic rings. The lowest BCUT2D eigenvalue weighted by Crippen LogP contribution is -2.28. The molecule has 29 heavy (non-hydrogen) atoms. The van der Waals surface area contributed by atoms with Crippen LogP contribution in [0.2, 0.25) is 0 Å². The zero-order chi connectivity index (χ0) is 20.5. The summed E-state index contributed by atoms with van der Waals surface area (Å²) in [5, 5.41) is 21.7. The summed E-state index contributed by atoms with van der Waals surface area (Å²) in [6.45, 7) is 1.99. The molecule has 146 valence electrons. The van der Waals surface area contributed by atoms with Gasteiger partial charge in [0, 0.05) is 29.8 Å². The van der Waals surface area contributed by atoms with Gasteiger partial charge in [0.15, 0.2) is 0 Å². The molecule has 6 nitrogen and oxygen atoms in total. The highest BCUT2D eigenvalue weighted by Gasteiger charge is 2.38. The molecule has 0 spiro atoms. The number of anilines is 1. The number of carbonyl (C=O) groups is 1. The molecule has 0 saturated carbocycles. The Morgan fingerprint density at radius 3 is 2.34 bits per heavy atom. The van der Waals surface area contributed by atoms with E-state index in [-0.39, 0.29) is 24.1 Å². The number of nitro benzene ring substituents is 1. The van der Waals surface area contributed by atoms with E-state index in [4.69, 9.17) is 0 Å². The Morgan fingerprint density at radius 2 is 1.69 bits per heavy atom. The third kappa shape index (κ3) is 3.50. The Morgan fingerprint density at radius 1 is 1.03 bits per heavy atom. The van der Waals surface area contributed by atoms with Crippen molar-refractivity contribution in [2.75, 3.05) is 4.90 Å². The highest BCUT2D eigenvalue weighted by atomic mass is 16.6. The molecule has 0 bridgehead atoms. The van der Waals surface area contributed by atoms with Crippen LogP contribution in [0.1, 0.15) is 45.6 Å². The molecule has 3 aromatic carbocycles. The monoisotopic (exact) mass is 388 g/mol. The SMILES string of the molecule is Cc1ccc(N2C(=O)c3ccccc3C2CC(O)c2ccc([N+](=O)[O-])cc2)cc1. The molecule has 0 radical (unpaired) electrons. The van der Waals surface area contributed by atoms with Crippen molar-refractivity contribution in [2.24, 2.45) is 0 Å². The van der Waals surface area contributed by atoms with Crippen molar-refractivity contribution in [2.45, 2.75) is 25.5 Å². The lowest BCUT2D eigenvalue weighted by atomic mass is 9.96. The largest absolute Gasteiger partial charge is 0.388 e. The fourth-order valence-electron chi connectivity index (χ4n) is 3.79. The zero-order valence-electron chi connectivity index (χ0n) is 15.9. The molecule has 2 atom stereocenters. The van der Waals surface area contributed by atoms with Crippen LogP contribution in [0.5, 0.6) is 0 Å². The number of non-ortho nitro benzene ring substituents is 1. The average molecular weight is 388 g/mol. The molecule has 1 amide bonds. The van der Waals surface area contributed by atoms with Crippen molar-refractivity contribution in [1.29, 1.82) is 0 Å². The molecule has 0 aromatic heterocycles. The van der Waals surface area contributed by atoms with Crippen LogP contribution in [0.25, 0.3) is 0 Å². The van der Waals surface area contributed by atoms with Crippen LogP contribution >= 0.6 is 0 Å². The van der Waals surface area contributed by atoms with Gasteiger partial charge in [-0.25, -0.2) is 0 Å². The number of aliphatic hydroxyl groups is 1. The van der Waals surface area contributed by atoms with E-state index in [9.17, 15) is 20.0 Å². The highest BCUT2D eigenvalue weighted by Crippen LogP contribution is 2.42. The summed E-state index contributed by atoms with van der Waals surface area (Å²) >= 11 is 0. The summed E-state index contributed by atoms with van der Waals surface area (Å²) in [4.78, 5) is 25.2. The number of aryl methyl sites for hydroxylation is 1. The second-order valence-electron chi connectivity index (χ2n) is 7.21. The second kappa shape index (κ2) is 7.48. The molecule has 0 fully saturated rings. The van der Waals surface area contributed by atoms with Gasteiger partial charge in [-0.3, -0.25) is 14.9 Å². The topological polar surface area (TPSA) is 83.7 Å². The van der Waals surface area contributed by atoms with Gasteiger partial charge in [-0.15, -0.1) is 0 Å². The van der Waals surface area contributed by atoms with Crippen molar-refractivity contribution >= 4 is 17.3 Å². The third-order valence-electron chi connectivity index (χ3n) is 5.33. The van der Waals surface area contributed by atoms with Gasteiger partial charge in [0.05, 0.1) is 17.1 Å². The summed E-state index contributed by atoms with van der Waals surface area (Å²) in [7, 11) is 0. The van der Waals surface area contributed by atoms with Crippen LogP contribution in [0.15, 0.2) is 72.8 Å². The van der Waals surface area contributed by atoms with Crippen molar-refractivity contribution < 1.29 is 14.8 Å². The Balaban J connectivity index is 1.67. The first-order valence-corrected chi connectivity index (χ1v) is 9.37. The second-order valence-corrected chi connectivity index (χ2v) is 7.21. The van der Waals surface area contributed by atoms with Gasteiger partial charge in [0.2, 0.25) is 0 Å². The first kappa shape index (κ1) is 18.8. The lowest BCUT2D eigenvalue weighted by Gasteiger charge is -2.27. The maximum Gasteiger partial charge on any atom is 0.269 e. The van der Waals surface area contributed by atoms with Crippen LogP contribution in [-0.4, -0.2) is 15.9 Å². The van der Waals surface area contributed by atoms with Crippen molar-refractivity contribution in [3.8, 4) is 0 Å². The number of fused-ring (bicyclic) bond motifs is 1. The predicted octanol–water partition coefficient (Wildman–Crippen LogP) is 4.73. The van der Waals surface area contributed by atoms with Crippen molar-refractivity contribution in [3.63, 3.8) is 0 Å². The Bertz CT molecular complexity index is 1060. The maximum atomic E-state index is 13.1. The van der Waals surface area contributed by atoms with Crippen molar-refractivity contribution in [3.05, 3.63) is 105 Å². The minimum absolute atomic E-state index is 0.0244. The molecule has 0 aliphatic carbocycles. The van der Waals surface area contributed by atoms with Crippen LogP contribution in [-0.2, 0) is 0 Å². The summed E-state index contributed by atoms with van der Waals surface area (Å²) in [6.07, 6.45) is -0.582. The zero-order valence-corrected chi connectivity index (χ0v) is 15.9. The molecule has 1 aliphatic rings. The average Bonchev–Trinajstić information content (AvgIpc) is 3.01. The Labute approximate surface area is 168 Å². The van der Waals surface area contributed by atoms with Crippen LogP contribution in [0.3, 0.4) is 0 Å². The molecule has 4 rings (SSSR count). The highest BCUT2D eigenvalue weighted by molar-refractivity contribution is 6.11. The summed E-state index contributed by atoms with van der Waals surface area (Å²) in [6, 6.07) is 20.7. The van der Waals surface area contributed by atoms with Gasteiger partial charge in [-0.2, -0.15) is 0 Å². The molecule has 1 N–H and O–H groups in total. The van der Waals surface area contributed by atoms with E-state index in [2.05, 4.69) is 0 Å². The fourth-order valence-corrected chi connectivity index (χ4v) is 3.79. The van der Waals surface area contributed by atoms with Gasteiger partial charge in [0.25, 0.3) is 11.6 Å². The number of hydrogen-bond donors (Lipinski definition) is 1. The number of nitrogens with zero attached hydrogens (tertiary/aromatic N) is 2. The van der Waals surface area contributed by atoms with E-state index in [1.807, 2.05) is 49.4 Å².